The van der Waals surface area contributed by atoms with Gasteiger partial charge in [0.05, 0.1) is 19.6 Å². The maximum absolute atomic E-state index is 12.7. The molecule has 6 nitrogen and oxygen atoms in total. The van der Waals surface area contributed by atoms with E-state index in [2.05, 4.69) is 4.74 Å². The number of rotatable bonds is 5. The summed E-state index contributed by atoms with van der Waals surface area (Å²) < 4.78 is 4.66. The van der Waals surface area contributed by atoms with Gasteiger partial charge in [0.1, 0.15) is 0 Å². The standard InChI is InChI=1S/C16H23N3O3/c1-22-15(20)12-18-7-9-19(10-8-18)16(21)14(11-17)13-5-3-2-4-6-13/h2-6,14H,7-12,17H2,1H3. The van der Waals surface area contributed by atoms with E-state index in [1.807, 2.05) is 40.1 Å². The van der Waals surface area contributed by atoms with Gasteiger partial charge >= 0.3 is 5.97 Å². The van der Waals surface area contributed by atoms with Gasteiger partial charge in [-0.15, -0.1) is 0 Å². The zero-order valence-corrected chi connectivity index (χ0v) is 12.9. The lowest BCUT2D eigenvalue weighted by atomic mass is 9.97. The van der Waals surface area contributed by atoms with Crippen LogP contribution in [0.25, 0.3) is 0 Å². The minimum atomic E-state index is -0.298. The van der Waals surface area contributed by atoms with E-state index in [9.17, 15) is 9.59 Å². The second-order valence-electron chi connectivity index (χ2n) is 5.38. The van der Waals surface area contributed by atoms with Crippen molar-refractivity contribution in [2.45, 2.75) is 5.92 Å². The fourth-order valence-electron chi connectivity index (χ4n) is 2.66. The molecule has 0 saturated carbocycles. The molecule has 1 atom stereocenters. The smallest absolute Gasteiger partial charge is 0.319 e. The normalized spacial score (nSPS) is 17.1. The maximum Gasteiger partial charge on any atom is 0.319 e. The van der Waals surface area contributed by atoms with Gasteiger partial charge in [0.2, 0.25) is 5.91 Å². The Kier molecular flexibility index (Phi) is 5.91. The molecule has 2 N–H and O–H groups in total. The number of hydrogen-bond acceptors (Lipinski definition) is 5. The number of carbonyl (C=O) groups is 2. The molecule has 1 aromatic carbocycles. The molecule has 2 rings (SSSR count). The number of piperazine rings is 1. The number of ether oxygens (including phenoxy) is 1. The molecular formula is C16H23N3O3. The summed E-state index contributed by atoms with van der Waals surface area (Å²) in [5.41, 5.74) is 6.76. The topological polar surface area (TPSA) is 75.9 Å². The second-order valence-corrected chi connectivity index (χ2v) is 5.38. The van der Waals surface area contributed by atoms with Crippen LogP contribution in [0.1, 0.15) is 11.5 Å². The molecule has 22 heavy (non-hydrogen) atoms. The average Bonchev–Trinajstić information content (AvgIpc) is 2.57. The van der Waals surface area contributed by atoms with E-state index in [4.69, 9.17) is 5.73 Å². The van der Waals surface area contributed by atoms with E-state index in [0.717, 1.165) is 5.56 Å². The molecule has 6 heteroatoms. The van der Waals surface area contributed by atoms with Gasteiger partial charge < -0.3 is 15.4 Å². The molecule has 0 aromatic heterocycles. The van der Waals surface area contributed by atoms with Crippen LogP contribution in [0.5, 0.6) is 0 Å². The van der Waals surface area contributed by atoms with Crippen molar-refractivity contribution in [3.63, 3.8) is 0 Å². The molecule has 1 fully saturated rings. The van der Waals surface area contributed by atoms with Crippen molar-refractivity contribution >= 4 is 11.9 Å². The van der Waals surface area contributed by atoms with Crippen LogP contribution in [0.2, 0.25) is 0 Å². The van der Waals surface area contributed by atoms with Crippen LogP contribution in [-0.4, -0.2) is 68.1 Å². The third-order valence-corrected chi connectivity index (χ3v) is 4.00. The van der Waals surface area contributed by atoms with Crippen molar-refractivity contribution in [3.8, 4) is 0 Å². The third kappa shape index (κ3) is 4.05. The van der Waals surface area contributed by atoms with Crippen LogP contribution in [0.3, 0.4) is 0 Å². The van der Waals surface area contributed by atoms with Crippen LogP contribution in [-0.2, 0) is 14.3 Å². The predicted molar refractivity (Wildman–Crippen MR) is 83.3 cm³/mol. The van der Waals surface area contributed by atoms with Crippen molar-refractivity contribution in [1.82, 2.24) is 9.80 Å². The first-order valence-electron chi connectivity index (χ1n) is 7.48. The predicted octanol–water partition coefficient (Wildman–Crippen LogP) is 0.0461. The second kappa shape index (κ2) is 7.91. The molecule has 0 radical (unpaired) electrons. The number of hydrogen-bond donors (Lipinski definition) is 1. The number of benzene rings is 1. The van der Waals surface area contributed by atoms with E-state index in [1.165, 1.54) is 7.11 Å². The minimum absolute atomic E-state index is 0.0615. The van der Waals surface area contributed by atoms with Crippen LogP contribution in [0.15, 0.2) is 30.3 Å². The van der Waals surface area contributed by atoms with Gasteiger partial charge in [-0.1, -0.05) is 30.3 Å². The highest BCUT2D eigenvalue weighted by molar-refractivity contribution is 5.84. The number of methoxy groups -OCH3 is 1. The van der Waals surface area contributed by atoms with Crippen molar-refractivity contribution < 1.29 is 14.3 Å². The molecule has 1 heterocycles. The summed E-state index contributed by atoms with van der Waals surface area (Å²) in [6, 6.07) is 9.62. The van der Waals surface area contributed by atoms with Crippen molar-refractivity contribution in [2.75, 3.05) is 46.4 Å². The maximum atomic E-state index is 12.7. The highest BCUT2D eigenvalue weighted by atomic mass is 16.5. The fraction of sp³-hybridized carbons (Fsp3) is 0.500. The molecule has 0 spiro atoms. The lowest BCUT2D eigenvalue weighted by molar-refractivity contribution is -0.142. The van der Waals surface area contributed by atoms with Crippen LogP contribution >= 0.6 is 0 Å². The van der Waals surface area contributed by atoms with Crippen LogP contribution < -0.4 is 5.73 Å². The Bertz CT molecular complexity index is 499. The monoisotopic (exact) mass is 305 g/mol. The van der Waals surface area contributed by atoms with Gasteiger partial charge in [-0.3, -0.25) is 14.5 Å². The van der Waals surface area contributed by atoms with E-state index in [1.54, 1.807) is 0 Å². The van der Waals surface area contributed by atoms with Crippen molar-refractivity contribution in [1.29, 1.82) is 0 Å². The summed E-state index contributed by atoms with van der Waals surface area (Å²) in [6.07, 6.45) is 0. The summed E-state index contributed by atoms with van der Waals surface area (Å²) in [5.74, 6) is -0.483. The van der Waals surface area contributed by atoms with E-state index >= 15 is 0 Å². The molecule has 1 aliphatic rings. The van der Waals surface area contributed by atoms with Gasteiger partial charge in [0.25, 0.3) is 0 Å². The number of nitrogens with two attached hydrogens (primary N) is 1. The summed E-state index contributed by atoms with van der Waals surface area (Å²) in [6.45, 7) is 3.14. The molecule has 1 aliphatic heterocycles. The first kappa shape index (κ1) is 16.5. The molecule has 1 aromatic rings. The highest BCUT2D eigenvalue weighted by Crippen LogP contribution is 2.18. The van der Waals surface area contributed by atoms with Crippen LogP contribution in [0, 0.1) is 0 Å². The number of esters is 1. The Labute approximate surface area is 130 Å². The highest BCUT2D eigenvalue weighted by Gasteiger charge is 2.28. The number of amides is 1. The first-order chi connectivity index (χ1) is 10.7. The SMILES string of the molecule is COC(=O)CN1CCN(C(=O)C(CN)c2ccccc2)CC1. The quantitative estimate of drug-likeness (QED) is 0.778. The Morgan fingerprint density at radius 1 is 1.18 bits per heavy atom. The molecule has 0 bridgehead atoms. The lowest BCUT2D eigenvalue weighted by Gasteiger charge is -2.35. The molecule has 0 aliphatic carbocycles. The van der Waals surface area contributed by atoms with Crippen molar-refractivity contribution in [3.05, 3.63) is 35.9 Å². The largest absolute Gasteiger partial charge is 0.468 e. The molecular weight excluding hydrogens is 282 g/mol. The first-order valence-corrected chi connectivity index (χ1v) is 7.48. The van der Waals surface area contributed by atoms with Crippen molar-refractivity contribution in [2.24, 2.45) is 5.73 Å². The van der Waals surface area contributed by atoms with Gasteiger partial charge in [0, 0.05) is 32.7 Å². The Balaban J connectivity index is 1.92. The molecule has 120 valence electrons. The molecule has 1 saturated heterocycles. The van der Waals surface area contributed by atoms with Crippen LogP contribution in [0.4, 0.5) is 0 Å². The number of nitrogens with zero attached hydrogens (tertiary/aromatic N) is 2. The minimum Gasteiger partial charge on any atom is -0.468 e. The average molecular weight is 305 g/mol. The summed E-state index contributed by atoms with van der Waals surface area (Å²) in [7, 11) is 1.38. The van der Waals surface area contributed by atoms with Gasteiger partial charge in [-0.25, -0.2) is 0 Å². The fourth-order valence-corrected chi connectivity index (χ4v) is 2.66. The van der Waals surface area contributed by atoms with Gasteiger partial charge in [-0.2, -0.15) is 0 Å². The van der Waals surface area contributed by atoms with E-state index < -0.39 is 0 Å². The zero-order chi connectivity index (χ0) is 15.9. The molecule has 1 amide bonds. The number of carbonyl (C=O) groups excluding carboxylic acids is 2. The zero-order valence-electron chi connectivity index (χ0n) is 12.9. The Morgan fingerprint density at radius 3 is 2.36 bits per heavy atom. The Hall–Kier alpha value is -1.92. The molecule has 1 unspecified atom stereocenters. The Morgan fingerprint density at radius 2 is 1.82 bits per heavy atom. The van der Waals surface area contributed by atoms with Gasteiger partial charge in [0.15, 0.2) is 0 Å². The van der Waals surface area contributed by atoms with E-state index in [-0.39, 0.29) is 24.3 Å². The summed E-state index contributed by atoms with van der Waals surface area (Å²) in [5, 5.41) is 0. The third-order valence-electron chi connectivity index (χ3n) is 4.00. The summed E-state index contributed by atoms with van der Waals surface area (Å²) in [4.78, 5) is 27.8. The van der Waals surface area contributed by atoms with E-state index in [0.29, 0.717) is 32.7 Å². The summed E-state index contributed by atoms with van der Waals surface area (Å²) >= 11 is 0. The van der Waals surface area contributed by atoms with Gasteiger partial charge in [-0.05, 0) is 5.56 Å². The lowest BCUT2D eigenvalue weighted by Crippen LogP contribution is -2.51.